The molecule has 0 saturated heterocycles. The summed E-state index contributed by atoms with van der Waals surface area (Å²) >= 11 is 0. The van der Waals surface area contributed by atoms with E-state index in [-0.39, 0.29) is 5.91 Å². The molecule has 6 heteroatoms. The molecule has 0 fully saturated rings. The highest BCUT2D eigenvalue weighted by molar-refractivity contribution is 6.03. The van der Waals surface area contributed by atoms with Gasteiger partial charge in [0, 0.05) is 11.1 Å². The van der Waals surface area contributed by atoms with Gasteiger partial charge in [-0.1, -0.05) is 60.7 Å². The van der Waals surface area contributed by atoms with Gasteiger partial charge < -0.3 is 0 Å². The van der Waals surface area contributed by atoms with Gasteiger partial charge in [-0.15, -0.1) is 0 Å². The SMILES string of the molecule is O=C(Nn1c(-c2ccccc2)n[nH]c1=O)c1ccc2ccccc2c1. The molecule has 4 rings (SSSR count). The maximum Gasteiger partial charge on any atom is 0.362 e. The Morgan fingerprint density at radius 3 is 2.44 bits per heavy atom. The minimum absolute atomic E-state index is 0.347. The van der Waals surface area contributed by atoms with Crippen LogP contribution in [0, 0.1) is 0 Å². The predicted octanol–water partition coefficient (Wildman–Crippen LogP) is 2.78. The summed E-state index contributed by atoms with van der Waals surface area (Å²) in [5.41, 5.74) is 3.29. The summed E-state index contributed by atoms with van der Waals surface area (Å²) in [5.74, 6) is -0.0360. The van der Waals surface area contributed by atoms with Crippen LogP contribution < -0.4 is 11.1 Å². The zero-order valence-electron chi connectivity index (χ0n) is 13.1. The van der Waals surface area contributed by atoms with Crippen LogP contribution in [0.2, 0.25) is 0 Å². The largest absolute Gasteiger partial charge is 0.362 e. The van der Waals surface area contributed by atoms with Crippen LogP contribution in [0.3, 0.4) is 0 Å². The van der Waals surface area contributed by atoms with E-state index in [2.05, 4.69) is 15.6 Å². The van der Waals surface area contributed by atoms with Gasteiger partial charge in [0.25, 0.3) is 5.91 Å². The maximum absolute atomic E-state index is 12.6. The van der Waals surface area contributed by atoms with Crippen LogP contribution in [-0.4, -0.2) is 20.8 Å². The fourth-order valence-electron chi connectivity index (χ4n) is 2.68. The van der Waals surface area contributed by atoms with E-state index in [1.807, 2.05) is 60.7 Å². The first kappa shape index (κ1) is 14.9. The number of nitrogens with one attached hydrogen (secondary N) is 2. The number of rotatable bonds is 3. The van der Waals surface area contributed by atoms with Gasteiger partial charge >= 0.3 is 5.69 Å². The Kier molecular flexibility index (Phi) is 3.63. The Balaban J connectivity index is 1.69. The lowest BCUT2D eigenvalue weighted by atomic mass is 10.1. The second kappa shape index (κ2) is 6.09. The maximum atomic E-state index is 12.6. The molecule has 25 heavy (non-hydrogen) atoms. The average Bonchev–Trinajstić information content (AvgIpc) is 3.02. The summed E-state index contributed by atoms with van der Waals surface area (Å²) in [4.78, 5) is 24.6. The number of hydrogen-bond acceptors (Lipinski definition) is 3. The summed E-state index contributed by atoms with van der Waals surface area (Å²) in [5, 5.41) is 8.36. The number of hydrogen-bond donors (Lipinski definition) is 2. The Morgan fingerprint density at radius 2 is 1.64 bits per heavy atom. The van der Waals surface area contributed by atoms with Gasteiger partial charge in [0.05, 0.1) is 0 Å². The third-order valence-corrected chi connectivity index (χ3v) is 3.93. The van der Waals surface area contributed by atoms with Gasteiger partial charge in [-0.05, 0) is 22.9 Å². The van der Waals surface area contributed by atoms with Crippen LogP contribution in [0.25, 0.3) is 22.2 Å². The zero-order valence-corrected chi connectivity index (χ0v) is 13.1. The predicted molar refractivity (Wildman–Crippen MR) is 95.9 cm³/mol. The number of amides is 1. The highest BCUT2D eigenvalue weighted by atomic mass is 16.2. The molecule has 0 unspecified atom stereocenters. The number of aromatic nitrogens is 3. The third-order valence-electron chi connectivity index (χ3n) is 3.93. The van der Waals surface area contributed by atoms with E-state index in [0.29, 0.717) is 11.4 Å². The van der Waals surface area contributed by atoms with Crippen molar-refractivity contribution in [3.05, 3.63) is 88.8 Å². The highest BCUT2D eigenvalue weighted by Gasteiger charge is 2.14. The normalized spacial score (nSPS) is 10.7. The van der Waals surface area contributed by atoms with Crippen LogP contribution in [0.5, 0.6) is 0 Å². The van der Waals surface area contributed by atoms with Gasteiger partial charge in [0.2, 0.25) is 0 Å². The van der Waals surface area contributed by atoms with Gasteiger partial charge in [-0.3, -0.25) is 10.2 Å². The Morgan fingerprint density at radius 1 is 0.920 bits per heavy atom. The molecule has 0 aliphatic heterocycles. The van der Waals surface area contributed by atoms with E-state index in [1.165, 1.54) is 0 Å². The van der Waals surface area contributed by atoms with Crippen molar-refractivity contribution in [1.29, 1.82) is 0 Å². The van der Waals surface area contributed by atoms with Crippen molar-refractivity contribution in [3.8, 4) is 11.4 Å². The Labute approximate surface area is 142 Å². The number of aromatic amines is 1. The average molecular weight is 330 g/mol. The van der Waals surface area contributed by atoms with Crippen molar-refractivity contribution in [1.82, 2.24) is 14.9 Å². The summed E-state index contributed by atoms with van der Waals surface area (Å²) in [7, 11) is 0. The molecule has 3 aromatic carbocycles. The fourth-order valence-corrected chi connectivity index (χ4v) is 2.68. The molecule has 6 nitrogen and oxygen atoms in total. The van der Waals surface area contributed by atoms with E-state index in [4.69, 9.17) is 0 Å². The number of carbonyl (C=O) groups excluding carboxylic acids is 1. The van der Waals surface area contributed by atoms with Gasteiger partial charge in [0.15, 0.2) is 5.82 Å². The van der Waals surface area contributed by atoms with Crippen molar-refractivity contribution in [2.45, 2.75) is 0 Å². The van der Waals surface area contributed by atoms with Crippen molar-refractivity contribution < 1.29 is 4.79 Å². The highest BCUT2D eigenvalue weighted by Crippen LogP contribution is 2.17. The quantitative estimate of drug-likeness (QED) is 0.606. The summed E-state index contributed by atoms with van der Waals surface area (Å²) in [6.07, 6.45) is 0. The molecule has 0 atom stereocenters. The van der Waals surface area contributed by atoms with Crippen molar-refractivity contribution >= 4 is 16.7 Å². The van der Waals surface area contributed by atoms with Crippen molar-refractivity contribution in [2.24, 2.45) is 0 Å². The molecule has 122 valence electrons. The van der Waals surface area contributed by atoms with Gasteiger partial charge in [0.1, 0.15) is 0 Å². The molecular weight excluding hydrogens is 316 g/mol. The Hall–Kier alpha value is -3.67. The van der Waals surface area contributed by atoms with E-state index in [0.717, 1.165) is 21.0 Å². The van der Waals surface area contributed by atoms with Crippen LogP contribution in [0.15, 0.2) is 77.6 Å². The standard InChI is InChI=1S/C19H14N4O2/c24-18(16-11-10-13-6-4-5-9-15(13)12-16)22-23-17(20-21-19(23)25)14-7-2-1-3-8-14/h1-12H,(H,21,25)(H,22,24). The first-order chi connectivity index (χ1) is 12.2. The molecule has 0 spiro atoms. The van der Waals surface area contributed by atoms with E-state index >= 15 is 0 Å². The molecule has 0 radical (unpaired) electrons. The number of fused-ring (bicyclic) bond motifs is 1. The monoisotopic (exact) mass is 330 g/mol. The first-order valence-corrected chi connectivity index (χ1v) is 7.75. The van der Waals surface area contributed by atoms with E-state index in [1.54, 1.807) is 12.1 Å². The van der Waals surface area contributed by atoms with Gasteiger partial charge in [-0.25, -0.2) is 9.89 Å². The first-order valence-electron chi connectivity index (χ1n) is 7.75. The summed E-state index contributed by atoms with van der Waals surface area (Å²) < 4.78 is 1.12. The number of H-pyrrole nitrogens is 1. The topological polar surface area (TPSA) is 79.8 Å². The smallest absolute Gasteiger partial charge is 0.267 e. The minimum atomic E-state index is -0.506. The van der Waals surface area contributed by atoms with Crippen LogP contribution in [-0.2, 0) is 0 Å². The summed E-state index contributed by atoms with van der Waals surface area (Å²) in [6, 6.07) is 22.3. The lowest BCUT2D eigenvalue weighted by Crippen LogP contribution is -2.32. The zero-order chi connectivity index (χ0) is 17.2. The second-order valence-corrected chi connectivity index (χ2v) is 5.56. The fraction of sp³-hybridized carbons (Fsp3) is 0. The molecule has 1 aromatic heterocycles. The van der Waals surface area contributed by atoms with Crippen LogP contribution in [0.4, 0.5) is 0 Å². The molecule has 1 heterocycles. The third kappa shape index (κ3) is 2.81. The minimum Gasteiger partial charge on any atom is -0.267 e. The lowest BCUT2D eigenvalue weighted by molar-refractivity contribution is 0.101. The number of benzene rings is 3. The molecule has 0 saturated carbocycles. The van der Waals surface area contributed by atoms with E-state index in [9.17, 15) is 9.59 Å². The molecule has 0 aliphatic carbocycles. The molecule has 0 bridgehead atoms. The molecule has 0 aliphatic rings. The second-order valence-electron chi connectivity index (χ2n) is 5.56. The molecule has 4 aromatic rings. The van der Waals surface area contributed by atoms with Crippen LogP contribution in [0.1, 0.15) is 10.4 Å². The number of carbonyl (C=O) groups is 1. The van der Waals surface area contributed by atoms with Gasteiger partial charge in [-0.2, -0.15) is 9.77 Å². The van der Waals surface area contributed by atoms with Crippen LogP contribution >= 0.6 is 0 Å². The van der Waals surface area contributed by atoms with Crippen molar-refractivity contribution in [2.75, 3.05) is 5.43 Å². The number of nitrogens with zero attached hydrogens (tertiary/aromatic N) is 2. The molecule has 1 amide bonds. The Bertz CT molecular complexity index is 1110. The molecular formula is C19H14N4O2. The summed E-state index contributed by atoms with van der Waals surface area (Å²) in [6.45, 7) is 0. The van der Waals surface area contributed by atoms with Crippen molar-refractivity contribution in [3.63, 3.8) is 0 Å². The van der Waals surface area contributed by atoms with E-state index < -0.39 is 5.69 Å². The molecule has 2 N–H and O–H groups in total. The lowest BCUT2D eigenvalue weighted by Gasteiger charge is -2.08.